The molecule has 0 N–H and O–H groups in total. The van der Waals surface area contributed by atoms with Crippen molar-refractivity contribution < 1.29 is 23.8 Å². The molecule has 0 spiro atoms. The molecule has 0 radical (unpaired) electrons. The van der Waals surface area contributed by atoms with Crippen molar-refractivity contribution in [2.75, 3.05) is 45.0 Å². The number of rotatable bonds is 5. The molecule has 0 bridgehead atoms. The lowest BCUT2D eigenvalue weighted by Crippen LogP contribution is -2.54. The maximum atomic E-state index is 13.3. The highest BCUT2D eigenvalue weighted by Crippen LogP contribution is 2.34. The topological polar surface area (TPSA) is 71.6 Å². The molecule has 3 aliphatic heterocycles. The molecule has 2 fully saturated rings. The van der Waals surface area contributed by atoms with Crippen LogP contribution in [-0.4, -0.2) is 67.7 Å². The second kappa shape index (κ2) is 8.61. The van der Waals surface area contributed by atoms with E-state index in [1.54, 1.807) is 12.0 Å². The molecule has 0 aliphatic carbocycles. The van der Waals surface area contributed by atoms with Crippen molar-refractivity contribution in [1.29, 1.82) is 0 Å². The molecular weight excluding hydrogens is 410 g/mol. The van der Waals surface area contributed by atoms with E-state index in [0.29, 0.717) is 44.0 Å². The Morgan fingerprint density at radius 2 is 1.78 bits per heavy atom. The standard InChI is InChI=1S/C24H27N3O5/c1-30-19-5-3-18(4-6-19)25-10-12-26(13-11-25)24(29)20-7-9-23(28)27(20)15-17-2-8-21-22(14-17)32-16-31-21/h2-6,8,14,20H,7,9-13,15-16H2,1H3. The summed E-state index contributed by atoms with van der Waals surface area (Å²) in [6.45, 7) is 3.44. The average molecular weight is 437 g/mol. The minimum Gasteiger partial charge on any atom is -0.497 e. The Bertz CT molecular complexity index is 1000. The number of methoxy groups -OCH3 is 1. The monoisotopic (exact) mass is 437 g/mol. The van der Waals surface area contributed by atoms with E-state index in [-0.39, 0.29) is 18.6 Å². The van der Waals surface area contributed by atoms with Crippen molar-refractivity contribution in [1.82, 2.24) is 9.80 Å². The lowest BCUT2D eigenvalue weighted by atomic mass is 10.1. The second-order valence-electron chi connectivity index (χ2n) is 8.27. The molecule has 1 atom stereocenters. The molecule has 2 aromatic rings. The van der Waals surface area contributed by atoms with Crippen LogP contribution in [0.2, 0.25) is 0 Å². The number of carbonyl (C=O) groups excluding carboxylic acids is 2. The number of anilines is 1. The minimum atomic E-state index is -0.402. The van der Waals surface area contributed by atoms with Gasteiger partial charge in [0.1, 0.15) is 11.8 Å². The van der Waals surface area contributed by atoms with Crippen LogP contribution in [0.15, 0.2) is 42.5 Å². The van der Waals surface area contributed by atoms with Gasteiger partial charge in [0.15, 0.2) is 11.5 Å². The SMILES string of the molecule is COc1ccc(N2CCN(C(=O)C3CCC(=O)N3Cc3ccc4c(c3)OCO4)CC2)cc1. The van der Waals surface area contributed by atoms with Gasteiger partial charge in [-0.3, -0.25) is 9.59 Å². The number of nitrogens with zero attached hydrogens (tertiary/aromatic N) is 3. The van der Waals surface area contributed by atoms with Crippen molar-refractivity contribution in [3.8, 4) is 17.2 Å². The second-order valence-corrected chi connectivity index (χ2v) is 8.27. The highest BCUT2D eigenvalue weighted by Gasteiger charge is 2.39. The van der Waals surface area contributed by atoms with Gasteiger partial charge in [0.25, 0.3) is 0 Å². The van der Waals surface area contributed by atoms with E-state index in [4.69, 9.17) is 14.2 Å². The molecule has 2 aromatic carbocycles. The fraction of sp³-hybridized carbons (Fsp3) is 0.417. The van der Waals surface area contributed by atoms with E-state index in [9.17, 15) is 9.59 Å². The van der Waals surface area contributed by atoms with Crippen molar-refractivity contribution in [2.45, 2.75) is 25.4 Å². The third-order valence-corrected chi connectivity index (χ3v) is 6.43. The fourth-order valence-electron chi connectivity index (χ4n) is 4.61. The van der Waals surface area contributed by atoms with Gasteiger partial charge in [-0.2, -0.15) is 0 Å². The van der Waals surface area contributed by atoms with Gasteiger partial charge < -0.3 is 28.9 Å². The number of amides is 2. The molecule has 5 rings (SSSR count). The van der Waals surface area contributed by atoms with Gasteiger partial charge in [-0.25, -0.2) is 0 Å². The van der Waals surface area contributed by atoms with Crippen molar-refractivity contribution in [3.05, 3.63) is 48.0 Å². The van der Waals surface area contributed by atoms with Gasteiger partial charge in [-0.05, 0) is 48.4 Å². The smallest absolute Gasteiger partial charge is 0.245 e. The average Bonchev–Trinajstić information content (AvgIpc) is 3.45. The third-order valence-electron chi connectivity index (χ3n) is 6.43. The van der Waals surface area contributed by atoms with Gasteiger partial charge in [0, 0.05) is 44.8 Å². The van der Waals surface area contributed by atoms with Crippen LogP contribution in [0.4, 0.5) is 5.69 Å². The number of carbonyl (C=O) groups is 2. The van der Waals surface area contributed by atoms with E-state index in [1.807, 2.05) is 47.4 Å². The highest BCUT2D eigenvalue weighted by atomic mass is 16.7. The Balaban J connectivity index is 1.22. The number of piperazine rings is 1. The van der Waals surface area contributed by atoms with Crippen LogP contribution in [0, 0.1) is 0 Å². The van der Waals surface area contributed by atoms with Crippen LogP contribution in [0.25, 0.3) is 0 Å². The van der Waals surface area contributed by atoms with Gasteiger partial charge in [-0.1, -0.05) is 6.07 Å². The van der Waals surface area contributed by atoms with Crippen LogP contribution in [0.1, 0.15) is 18.4 Å². The number of hydrogen-bond acceptors (Lipinski definition) is 6. The molecule has 2 amide bonds. The normalized spacial score (nSPS) is 20.1. The summed E-state index contributed by atoms with van der Waals surface area (Å²) in [6, 6.07) is 13.2. The van der Waals surface area contributed by atoms with E-state index >= 15 is 0 Å². The molecule has 168 valence electrons. The number of benzene rings is 2. The zero-order valence-corrected chi connectivity index (χ0v) is 18.2. The predicted molar refractivity (Wildman–Crippen MR) is 118 cm³/mol. The van der Waals surface area contributed by atoms with Crippen LogP contribution in [0.5, 0.6) is 17.2 Å². The van der Waals surface area contributed by atoms with E-state index in [2.05, 4.69) is 4.90 Å². The van der Waals surface area contributed by atoms with E-state index in [0.717, 1.165) is 30.1 Å². The Labute approximate surface area is 187 Å². The largest absolute Gasteiger partial charge is 0.497 e. The summed E-state index contributed by atoms with van der Waals surface area (Å²) in [5.41, 5.74) is 2.06. The summed E-state index contributed by atoms with van der Waals surface area (Å²) in [5.74, 6) is 2.30. The Morgan fingerprint density at radius 1 is 1.03 bits per heavy atom. The first-order valence-electron chi connectivity index (χ1n) is 11.0. The lowest BCUT2D eigenvalue weighted by molar-refractivity contribution is -0.142. The van der Waals surface area contributed by atoms with Crippen LogP contribution in [-0.2, 0) is 16.1 Å². The molecule has 2 saturated heterocycles. The summed E-state index contributed by atoms with van der Waals surface area (Å²) in [6.07, 6.45) is 0.980. The molecule has 8 nitrogen and oxygen atoms in total. The minimum absolute atomic E-state index is 0.0258. The first-order valence-corrected chi connectivity index (χ1v) is 11.0. The zero-order chi connectivity index (χ0) is 22.1. The fourth-order valence-corrected chi connectivity index (χ4v) is 4.61. The summed E-state index contributed by atoms with van der Waals surface area (Å²) < 4.78 is 16.0. The molecular formula is C24H27N3O5. The molecule has 3 aliphatic rings. The molecule has 3 heterocycles. The molecule has 8 heteroatoms. The van der Waals surface area contributed by atoms with Crippen LogP contribution >= 0.6 is 0 Å². The molecule has 0 aromatic heterocycles. The van der Waals surface area contributed by atoms with Gasteiger partial charge >= 0.3 is 0 Å². The number of hydrogen-bond donors (Lipinski definition) is 0. The predicted octanol–water partition coefficient (Wildman–Crippen LogP) is 2.26. The maximum absolute atomic E-state index is 13.3. The summed E-state index contributed by atoms with van der Waals surface area (Å²) in [5, 5.41) is 0. The summed E-state index contributed by atoms with van der Waals surface area (Å²) in [7, 11) is 1.66. The Morgan fingerprint density at radius 3 is 2.53 bits per heavy atom. The third kappa shape index (κ3) is 3.92. The van der Waals surface area contributed by atoms with Crippen molar-refractivity contribution in [2.24, 2.45) is 0 Å². The first kappa shape index (κ1) is 20.5. The Hall–Kier alpha value is -3.42. The van der Waals surface area contributed by atoms with Crippen molar-refractivity contribution >= 4 is 17.5 Å². The van der Waals surface area contributed by atoms with Gasteiger partial charge in [0.05, 0.1) is 7.11 Å². The van der Waals surface area contributed by atoms with Crippen LogP contribution < -0.4 is 19.1 Å². The molecule has 32 heavy (non-hydrogen) atoms. The summed E-state index contributed by atoms with van der Waals surface area (Å²) in [4.78, 5) is 31.8. The first-order chi connectivity index (χ1) is 15.6. The van der Waals surface area contributed by atoms with Crippen LogP contribution in [0.3, 0.4) is 0 Å². The van der Waals surface area contributed by atoms with Gasteiger partial charge in [-0.15, -0.1) is 0 Å². The zero-order valence-electron chi connectivity index (χ0n) is 18.2. The number of ether oxygens (including phenoxy) is 3. The highest BCUT2D eigenvalue weighted by molar-refractivity contribution is 5.91. The van der Waals surface area contributed by atoms with Gasteiger partial charge in [0.2, 0.25) is 18.6 Å². The summed E-state index contributed by atoms with van der Waals surface area (Å²) >= 11 is 0. The number of fused-ring (bicyclic) bond motifs is 1. The Kier molecular flexibility index (Phi) is 5.51. The number of likely N-dealkylation sites (tertiary alicyclic amines) is 1. The lowest BCUT2D eigenvalue weighted by Gasteiger charge is -2.38. The van der Waals surface area contributed by atoms with E-state index < -0.39 is 6.04 Å². The van der Waals surface area contributed by atoms with Crippen molar-refractivity contribution in [3.63, 3.8) is 0 Å². The quantitative estimate of drug-likeness (QED) is 0.715. The molecule has 1 unspecified atom stereocenters. The van der Waals surface area contributed by atoms with E-state index in [1.165, 1.54) is 0 Å². The molecule has 0 saturated carbocycles. The maximum Gasteiger partial charge on any atom is 0.245 e.